The molecule has 0 aromatic carbocycles. The lowest BCUT2D eigenvalue weighted by Crippen LogP contribution is -2.46. The van der Waals surface area contributed by atoms with Crippen molar-refractivity contribution in [2.45, 2.75) is 45.1 Å². The van der Waals surface area contributed by atoms with Crippen molar-refractivity contribution >= 4 is 5.97 Å². The Hall–Kier alpha value is -0.710. The van der Waals surface area contributed by atoms with Crippen molar-refractivity contribution in [3.8, 4) is 0 Å². The fourth-order valence-corrected chi connectivity index (χ4v) is 2.17. The molecular weight excluding hydrogens is 216 g/mol. The maximum atomic E-state index is 13.6. The number of carboxylic acid groups (broad SMARTS) is 1. The maximum Gasteiger partial charge on any atom is 0.309 e. The standard InChI is InChI=1S/C11H19F2NO2/c1-8(2)14-5-3-4-9(7-14)11(12,13)6-10(15)16/h8-9H,3-7H2,1-2H3,(H,15,16). The van der Waals surface area contributed by atoms with Gasteiger partial charge >= 0.3 is 5.97 Å². The summed E-state index contributed by atoms with van der Waals surface area (Å²) < 4.78 is 27.2. The number of rotatable bonds is 4. The molecule has 94 valence electrons. The number of hydrogen-bond donors (Lipinski definition) is 1. The van der Waals surface area contributed by atoms with Crippen LogP contribution in [0.15, 0.2) is 0 Å². The molecule has 16 heavy (non-hydrogen) atoms. The lowest BCUT2D eigenvalue weighted by atomic mass is 9.89. The highest BCUT2D eigenvalue weighted by Gasteiger charge is 2.43. The first-order chi connectivity index (χ1) is 7.33. The predicted molar refractivity (Wildman–Crippen MR) is 56.6 cm³/mol. The van der Waals surface area contributed by atoms with Crippen LogP contribution >= 0.6 is 0 Å². The van der Waals surface area contributed by atoms with Gasteiger partial charge in [0.2, 0.25) is 0 Å². The van der Waals surface area contributed by atoms with Crippen molar-refractivity contribution in [3.05, 3.63) is 0 Å². The second kappa shape index (κ2) is 5.08. The summed E-state index contributed by atoms with van der Waals surface area (Å²) in [7, 11) is 0. The molecule has 0 bridgehead atoms. The Labute approximate surface area is 94.4 Å². The molecule has 1 heterocycles. The minimum absolute atomic E-state index is 0.239. The van der Waals surface area contributed by atoms with E-state index in [9.17, 15) is 13.6 Å². The molecule has 0 saturated carbocycles. The average molecular weight is 235 g/mol. The van der Waals surface area contributed by atoms with Crippen molar-refractivity contribution in [2.24, 2.45) is 5.92 Å². The predicted octanol–water partition coefficient (Wildman–Crippen LogP) is 2.22. The van der Waals surface area contributed by atoms with Crippen LogP contribution in [0.3, 0.4) is 0 Å². The molecule has 3 nitrogen and oxygen atoms in total. The van der Waals surface area contributed by atoms with Crippen LogP contribution in [0.25, 0.3) is 0 Å². The monoisotopic (exact) mass is 235 g/mol. The summed E-state index contributed by atoms with van der Waals surface area (Å²) in [4.78, 5) is 12.4. The molecule has 1 N–H and O–H groups in total. The number of carboxylic acids is 1. The van der Waals surface area contributed by atoms with Gasteiger partial charge in [0.1, 0.15) is 6.42 Å². The van der Waals surface area contributed by atoms with E-state index in [0.29, 0.717) is 13.0 Å². The van der Waals surface area contributed by atoms with Gasteiger partial charge in [0.05, 0.1) is 0 Å². The fourth-order valence-electron chi connectivity index (χ4n) is 2.17. The quantitative estimate of drug-likeness (QED) is 0.812. The molecule has 0 spiro atoms. The lowest BCUT2D eigenvalue weighted by molar-refractivity contribution is -0.152. The van der Waals surface area contributed by atoms with Gasteiger partial charge in [-0.15, -0.1) is 0 Å². The molecule has 0 aliphatic carbocycles. The number of hydrogen-bond acceptors (Lipinski definition) is 2. The first kappa shape index (κ1) is 13.4. The van der Waals surface area contributed by atoms with Crippen LogP contribution in [-0.2, 0) is 4.79 Å². The maximum absolute atomic E-state index is 13.6. The van der Waals surface area contributed by atoms with Crippen molar-refractivity contribution in [2.75, 3.05) is 13.1 Å². The number of likely N-dealkylation sites (tertiary alicyclic amines) is 1. The van der Waals surface area contributed by atoms with Crippen LogP contribution in [0, 0.1) is 5.92 Å². The third kappa shape index (κ3) is 3.40. The van der Waals surface area contributed by atoms with E-state index in [4.69, 9.17) is 5.11 Å². The van der Waals surface area contributed by atoms with Crippen LogP contribution in [-0.4, -0.2) is 41.0 Å². The smallest absolute Gasteiger partial charge is 0.309 e. The van der Waals surface area contributed by atoms with Crippen LogP contribution in [0.4, 0.5) is 8.78 Å². The molecule has 1 rings (SSSR count). The van der Waals surface area contributed by atoms with Crippen LogP contribution in [0.2, 0.25) is 0 Å². The molecule has 0 aromatic rings. The van der Waals surface area contributed by atoms with Crippen molar-refractivity contribution in [3.63, 3.8) is 0 Å². The number of aliphatic carboxylic acids is 1. The van der Waals surface area contributed by atoms with E-state index in [1.165, 1.54) is 0 Å². The summed E-state index contributed by atoms with van der Waals surface area (Å²) in [6.45, 7) is 5.07. The van der Waals surface area contributed by atoms with Gasteiger partial charge in [0.25, 0.3) is 5.92 Å². The van der Waals surface area contributed by atoms with Crippen LogP contribution < -0.4 is 0 Å². The minimum atomic E-state index is -3.08. The zero-order valence-corrected chi connectivity index (χ0v) is 9.75. The van der Waals surface area contributed by atoms with E-state index >= 15 is 0 Å². The van der Waals surface area contributed by atoms with Crippen LogP contribution in [0.5, 0.6) is 0 Å². The Kier molecular flexibility index (Phi) is 4.24. The molecule has 0 radical (unpaired) electrons. The van der Waals surface area contributed by atoms with Gasteiger partial charge in [-0.05, 0) is 33.2 Å². The Morgan fingerprint density at radius 3 is 2.69 bits per heavy atom. The normalized spacial score (nSPS) is 23.7. The zero-order valence-electron chi connectivity index (χ0n) is 9.75. The first-order valence-corrected chi connectivity index (χ1v) is 5.66. The first-order valence-electron chi connectivity index (χ1n) is 5.66. The van der Waals surface area contributed by atoms with Gasteiger partial charge in [-0.25, -0.2) is 8.78 Å². The highest BCUT2D eigenvalue weighted by atomic mass is 19.3. The largest absolute Gasteiger partial charge is 0.481 e. The van der Waals surface area contributed by atoms with E-state index in [1.54, 1.807) is 0 Å². The number of nitrogens with zero attached hydrogens (tertiary/aromatic N) is 1. The Morgan fingerprint density at radius 2 is 2.19 bits per heavy atom. The summed E-state index contributed by atoms with van der Waals surface area (Å²) in [5, 5.41) is 8.46. The summed E-state index contributed by atoms with van der Waals surface area (Å²) in [5.41, 5.74) is 0. The van der Waals surface area contributed by atoms with Crippen molar-refractivity contribution in [1.82, 2.24) is 4.90 Å². The van der Waals surface area contributed by atoms with E-state index in [-0.39, 0.29) is 6.04 Å². The third-order valence-corrected chi connectivity index (χ3v) is 3.17. The van der Waals surface area contributed by atoms with Gasteiger partial charge in [0.15, 0.2) is 0 Å². The molecule has 1 atom stereocenters. The zero-order chi connectivity index (χ0) is 12.3. The van der Waals surface area contributed by atoms with Gasteiger partial charge in [-0.3, -0.25) is 4.79 Å². The van der Waals surface area contributed by atoms with E-state index in [2.05, 4.69) is 0 Å². The highest BCUT2D eigenvalue weighted by Crippen LogP contribution is 2.35. The molecule has 1 aliphatic heterocycles. The van der Waals surface area contributed by atoms with Gasteiger partial charge < -0.3 is 10.0 Å². The molecule has 5 heteroatoms. The molecule has 0 amide bonds. The SMILES string of the molecule is CC(C)N1CCCC(C(F)(F)CC(=O)O)C1. The molecule has 1 aliphatic rings. The fraction of sp³-hybridized carbons (Fsp3) is 0.909. The summed E-state index contributed by atoms with van der Waals surface area (Å²) in [6.07, 6.45) is 0.0885. The Balaban J connectivity index is 2.61. The number of piperidine rings is 1. The van der Waals surface area contributed by atoms with E-state index in [1.807, 2.05) is 18.7 Å². The number of carbonyl (C=O) groups is 1. The molecule has 1 fully saturated rings. The number of alkyl halides is 2. The third-order valence-electron chi connectivity index (χ3n) is 3.17. The van der Waals surface area contributed by atoms with E-state index < -0.39 is 24.2 Å². The second-order valence-electron chi connectivity index (χ2n) is 4.76. The Morgan fingerprint density at radius 1 is 1.56 bits per heavy atom. The summed E-state index contributed by atoms with van der Waals surface area (Å²) >= 11 is 0. The number of halogens is 2. The molecule has 1 saturated heterocycles. The molecule has 1 unspecified atom stereocenters. The summed E-state index contributed by atoms with van der Waals surface area (Å²) in [5.74, 6) is -5.33. The van der Waals surface area contributed by atoms with Crippen molar-refractivity contribution in [1.29, 1.82) is 0 Å². The Bertz CT molecular complexity index is 256. The van der Waals surface area contributed by atoms with Crippen LogP contribution in [0.1, 0.15) is 33.1 Å². The lowest BCUT2D eigenvalue weighted by Gasteiger charge is -2.38. The van der Waals surface area contributed by atoms with Gasteiger partial charge in [-0.2, -0.15) is 0 Å². The average Bonchev–Trinajstić information content (AvgIpc) is 2.16. The molecule has 0 aromatic heterocycles. The van der Waals surface area contributed by atoms with Crippen molar-refractivity contribution < 1.29 is 18.7 Å². The topological polar surface area (TPSA) is 40.5 Å². The van der Waals surface area contributed by atoms with E-state index in [0.717, 1.165) is 13.0 Å². The minimum Gasteiger partial charge on any atom is -0.481 e. The van der Waals surface area contributed by atoms with Gasteiger partial charge in [-0.1, -0.05) is 0 Å². The van der Waals surface area contributed by atoms with Gasteiger partial charge in [0, 0.05) is 18.5 Å². The second-order valence-corrected chi connectivity index (χ2v) is 4.76. The molecular formula is C11H19F2NO2. The summed E-state index contributed by atoms with van der Waals surface area (Å²) in [6, 6.07) is 0.239. The highest BCUT2D eigenvalue weighted by molar-refractivity contribution is 5.67.